The fourth-order valence-corrected chi connectivity index (χ4v) is 4.28. The average molecular weight is 490 g/mol. The molecule has 3 amide bonds. The van der Waals surface area contributed by atoms with Gasteiger partial charge in [0.05, 0.1) is 10.5 Å². The van der Waals surface area contributed by atoms with Crippen molar-refractivity contribution in [2.24, 2.45) is 0 Å². The number of benzene rings is 2. The monoisotopic (exact) mass is 489 g/mol. The molecule has 0 atom stereocenters. The molecule has 0 bridgehead atoms. The van der Waals surface area contributed by atoms with Crippen LogP contribution in [0.4, 0.5) is 0 Å². The van der Waals surface area contributed by atoms with E-state index in [0.717, 1.165) is 5.56 Å². The minimum absolute atomic E-state index is 0.00129. The van der Waals surface area contributed by atoms with Crippen LogP contribution in [0.15, 0.2) is 64.0 Å². The fraction of sp³-hybridized carbons (Fsp3) is 0.100. The summed E-state index contributed by atoms with van der Waals surface area (Å²) in [4.78, 5) is 38.6. The predicted octanol–water partition coefficient (Wildman–Crippen LogP) is 3.50. The van der Waals surface area contributed by atoms with Crippen LogP contribution in [-0.2, 0) is 9.59 Å². The summed E-state index contributed by atoms with van der Waals surface area (Å²) in [6.07, 6.45) is 1.78. The average Bonchev–Trinajstić information content (AvgIpc) is 2.98. The van der Waals surface area contributed by atoms with Crippen LogP contribution >= 0.6 is 39.9 Å². The van der Waals surface area contributed by atoms with Crippen LogP contribution in [0, 0.1) is 0 Å². The number of amides is 3. The van der Waals surface area contributed by atoms with Crippen molar-refractivity contribution in [3.63, 3.8) is 0 Å². The van der Waals surface area contributed by atoms with Gasteiger partial charge in [-0.05, 0) is 39.7 Å². The molecular weight excluding hydrogens is 474 g/mol. The number of thiocarbonyl (C=S) groups is 1. The van der Waals surface area contributed by atoms with E-state index in [0.29, 0.717) is 19.3 Å². The van der Waals surface area contributed by atoms with Crippen molar-refractivity contribution in [1.82, 2.24) is 15.8 Å². The second kappa shape index (κ2) is 9.82. The maximum absolute atomic E-state index is 12.6. The lowest BCUT2D eigenvalue weighted by Crippen LogP contribution is -2.43. The van der Waals surface area contributed by atoms with Gasteiger partial charge in [0.2, 0.25) is 5.91 Å². The molecular formula is C20H16BrN3O3S2. The van der Waals surface area contributed by atoms with Gasteiger partial charge in [0.25, 0.3) is 11.8 Å². The quantitative estimate of drug-likeness (QED) is 0.381. The molecule has 0 spiro atoms. The number of nitrogens with zero attached hydrogens (tertiary/aromatic N) is 1. The van der Waals surface area contributed by atoms with Crippen LogP contribution in [0.1, 0.15) is 22.3 Å². The smallest absolute Gasteiger partial charge is 0.270 e. The normalized spacial score (nSPS) is 14.9. The standard InChI is InChI=1S/C20H16BrN3O3S2/c21-15-9-5-4-8-14(15)18(26)23-22-17(25)10-11-24-19(27)16(29-20(24)28)12-13-6-2-1-3-7-13/h1-9,12H,10-11H2,(H,22,25)(H,23,26)/b16-12-. The first-order valence-electron chi connectivity index (χ1n) is 8.60. The van der Waals surface area contributed by atoms with Crippen molar-refractivity contribution >= 4 is 68.0 Å². The Balaban J connectivity index is 1.52. The van der Waals surface area contributed by atoms with Crippen molar-refractivity contribution in [2.75, 3.05) is 6.54 Å². The van der Waals surface area contributed by atoms with Gasteiger partial charge in [-0.25, -0.2) is 0 Å². The summed E-state index contributed by atoms with van der Waals surface area (Å²) in [5.74, 6) is -1.09. The number of nitrogens with one attached hydrogen (secondary N) is 2. The molecule has 0 aromatic heterocycles. The molecule has 6 nitrogen and oxygen atoms in total. The van der Waals surface area contributed by atoms with Crippen molar-refractivity contribution in [1.29, 1.82) is 0 Å². The van der Waals surface area contributed by atoms with Crippen molar-refractivity contribution in [2.45, 2.75) is 6.42 Å². The molecule has 1 saturated heterocycles. The van der Waals surface area contributed by atoms with Gasteiger partial charge in [-0.1, -0.05) is 66.4 Å². The number of halogens is 1. The summed E-state index contributed by atoms with van der Waals surface area (Å²) >= 11 is 9.76. The zero-order valence-corrected chi connectivity index (χ0v) is 18.3. The number of carbonyl (C=O) groups is 3. The first kappa shape index (κ1) is 21.2. The molecule has 0 radical (unpaired) electrons. The number of hydrazine groups is 1. The Kier molecular flexibility index (Phi) is 7.18. The molecule has 148 valence electrons. The fourth-order valence-electron chi connectivity index (χ4n) is 2.51. The van der Waals surface area contributed by atoms with Crippen LogP contribution in [0.2, 0.25) is 0 Å². The van der Waals surface area contributed by atoms with Crippen LogP contribution < -0.4 is 10.9 Å². The van der Waals surface area contributed by atoms with Crippen LogP contribution in [0.3, 0.4) is 0 Å². The lowest BCUT2D eigenvalue weighted by Gasteiger charge is -2.14. The van der Waals surface area contributed by atoms with Crippen LogP contribution in [0.25, 0.3) is 6.08 Å². The van der Waals surface area contributed by atoms with E-state index in [1.54, 1.807) is 30.3 Å². The largest absolute Gasteiger partial charge is 0.292 e. The Labute approximate surface area is 185 Å². The van der Waals surface area contributed by atoms with Crippen molar-refractivity contribution < 1.29 is 14.4 Å². The highest BCUT2D eigenvalue weighted by Gasteiger charge is 2.32. The summed E-state index contributed by atoms with van der Waals surface area (Å²) in [6, 6.07) is 16.3. The Morgan fingerprint density at radius 1 is 1.07 bits per heavy atom. The summed E-state index contributed by atoms with van der Waals surface area (Å²) in [6.45, 7) is 0.132. The molecule has 1 aliphatic rings. The summed E-state index contributed by atoms with van der Waals surface area (Å²) in [5, 5.41) is 0. The van der Waals surface area contributed by atoms with E-state index in [1.807, 2.05) is 30.3 Å². The third-order valence-corrected chi connectivity index (χ3v) is 6.04. The maximum Gasteiger partial charge on any atom is 0.270 e. The second-order valence-corrected chi connectivity index (χ2v) is 8.51. The van der Waals surface area contributed by atoms with Gasteiger partial charge in [-0.2, -0.15) is 0 Å². The lowest BCUT2D eigenvalue weighted by molar-refractivity contribution is -0.124. The van der Waals surface area contributed by atoms with Crippen molar-refractivity contribution in [3.05, 3.63) is 75.1 Å². The van der Waals surface area contributed by atoms with E-state index in [-0.39, 0.29) is 18.9 Å². The molecule has 2 N–H and O–H groups in total. The summed E-state index contributed by atoms with van der Waals surface area (Å²) < 4.78 is 1.02. The number of hydrogen-bond donors (Lipinski definition) is 2. The van der Waals surface area contributed by atoms with Gasteiger partial charge < -0.3 is 0 Å². The second-order valence-electron chi connectivity index (χ2n) is 5.98. The molecule has 0 unspecified atom stereocenters. The highest BCUT2D eigenvalue weighted by Crippen LogP contribution is 2.32. The van der Waals surface area contributed by atoms with Crippen molar-refractivity contribution in [3.8, 4) is 0 Å². The molecule has 2 aromatic carbocycles. The minimum atomic E-state index is -0.442. The summed E-state index contributed by atoms with van der Waals surface area (Å²) in [7, 11) is 0. The highest BCUT2D eigenvalue weighted by atomic mass is 79.9. The predicted molar refractivity (Wildman–Crippen MR) is 121 cm³/mol. The molecule has 0 aliphatic carbocycles. The molecule has 3 rings (SSSR count). The first-order chi connectivity index (χ1) is 14.0. The Hall–Kier alpha value is -2.49. The zero-order valence-electron chi connectivity index (χ0n) is 15.1. The Morgan fingerprint density at radius 2 is 1.76 bits per heavy atom. The highest BCUT2D eigenvalue weighted by molar-refractivity contribution is 9.10. The number of thioether (sulfide) groups is 1. The molecule has 29 heavy (non-hydrogen) atoms. The molecule has 1 heterocycles. The minimum Gasteiger partial charge on any atom is -0.292 e. The van der Waals surface area contributed by atoms with Gasteiger partial charge in [-0.3, -0.25) is 30.1 Å². The van der Waals surface area contributed by atoms with Crippen LogP contribution in [-0.4, -0.2) is 33.5 Å². The van der Waals surface area contributed by atoms with E-state index in [1.165, 1.54) is 16.7 Å². The topological polar surface area (TPSA) is 78.5 Å². The van der Waals surface area contributed by atoms with Gasteiger partial charge in [0.15, 0.2) is 0 Å². The van der Waals surface area contributed by atoms with E-state index in [9.17, 15) is 14.4 Å². The molecule has 0 saturated carbocycles. The van der Waals surface area contributed by atoms with Gasteiger partial charge in [0.1, 0.15) is 4.32 Å². The molecule has 9 heteroatoms. The first-order valence-corrected chi connectivity index (χ1v) is 10.6. The van der Waals surface area contributed by atoms with Gasteiger partial charge in [-0.15, -0.1) is 0 Å². The molecule has 1 aliphatic heterocycles. The summed E-state index contributed by atoms with van der Waals surface area (Å²) in [5.41, 5.74) is 6.01. The zero-order chi connectivity index (χ0) is 20.8. The number of carbonyl (C=O) groups excluding carboxylic acids is 3. The molecule has 1 fully saturated rings. The maximum atomic E-state index is 12.6. The lowest BCUT2D eigenvalue weighted by atomic mass is 10.2. The number of hydrogen-bond acceptors (Lipinski definition) is 5. The van der Waals surface area contributed by atoms with Gasteiger partial charge >= 0.3 is 0 Å². The van der Waals surface area contributed by atoms with E-state index < -0.39 is 11.8 Å². The van der Waals surface area contributed by atoms with E-state index in [2.05, 4.69) is 26.8 Å². The Bertz CT molecular complexity index is 995. The third-order valence-electron chi connectivity index (χ3n) is 3.97. The molecule has 2 aromatic rings. The van der Waals surface area contributed by atoms with E-state index >= 15 is 0 Å². The van der Waals surface area contributed by atoms with Crippen LogP contribution in [0.5, 0.6) is 0 Å². The number of rotatable bonds is 5. The van der Waals surface area contributed by atoms with E-state index in [4.69, 9.17) is 12.2 Å². The third kappa shape index (κ3) is 5.53. The van der Waals surface area contributed by atoms with Gasteiger partial charge in [0, 0.05) is 17.4 Å². The SMILES string of the molecule is O=C(CCN1C(=O)/C(=C/c2ccccc2)SC1=S)NNC(=O)c1ccccc1Br. The Morgan fingerprint density at radius 3 is 2.48 bits per heavy atom.